The molecule has 9 nitrogen and oxygen atoms in total. The molecule has 0 fully saturated rings. The first-order chi connectivity index (χ1) is 17.3. The van der Waals surface area contributed by atoms with Gasteiger partial charge in [0.05, 0.1) is 29.5 Å². The van der Waals surface area contributed by atoms with E-state index in [1.165, 1.54) is 18.4 Å². The van der Waals surface area contributed by atoms with Gasteiger partial charge in [-0.15, -0.1) is 16.4 Å². The lowest BCUT2D eigenvalue weighted by molar-refractivity contribution is 0.115. The largest absolute Gasteiger partial charge is 0.479 e. The first-order valence-corrected chi connectivity index (χ1v) is 12.3. The molecule has 5 aromatic rings. The monoisotopic (exact) mass is 522 g/mol. The summed E-state index contributed by atoms with van der Waals surface area (Å²) in [6.07, 6.45) is 3.25. The van der Waals surface area contributed by atoms with Gasteiger partial charge in [0.25, 0.3) is 5.88 Å². The highest BCUT2D eigenvalue weighted by Gasteiger charge is 2.39. The fraction of sp³-hybridized carbons (Fsp3) is 0.240. The number of methoxy groups -OCH3 is 1. The molecule has 0 radical (unpaired) electrons. The van der Waals surface area contributed by atoms with Gasteiger partial charge in [0, 0.05) is 41.0 Å². The molecule has 0 saturated heterocycles. The molecule has 0 amide bonds. The molecule has 0 spiro atoms. The van der Waals surface area contributed by atoms with Crippen molar-refractivity contribution in [1.82, 2.24) is 29.9 Å². The number of nitrogens with zero attached hydrogens (tertiary/aromatic N) is 6. The first kappa shape index (κ1) is 24.1. The van der Waals surface area contributed by atoms with Gasteiger partial charge >= 0.3 is 0 Å². The predicted molar refractivity (Wildman–Crippen MR) is 137 cm³/mol. The molecule has 11 heteroatoms. The van der Waals surface area contributed by atoms with Gasteiger partial charge in [-0.1, -0.05) is 28.9 Å². The van der Waals surface area contributed by atoms with Gasteiger partial charge in [-0.25, -0.2) is 14.6 Å². The SMILES string of the molecule is COc1nc2ccc([C@@](O)(c3ccc(C)nc3C)c3cnnn3C)cc2c(Cl)c1OCc1nccs1. The van der Waals surface area contributed by atoms with Gasteiger partial charge in [-0.2, -0.15) is 0 Å². The summed E-state index contributed by atoms with van der Waals surface area (Å²) in [5.41, 5.74) is 2.15. The van der Waals surface area contributed by atoms with E-state index in [2.05, 4.69) is 25.3 Å². The van der Waals surface area contributed by atoms with E-state index < -0.39 is 5.60 Å². The second-order valence-corrected chi connectivity index (χ2v) is 9.61. The number of hydrogen-bond acceptors (Lipinski definition) is 9. The summed E-state index contributed by atoms with van der Waals surface area (Å²) < 4.78 is 13.0. The fourth-order valence-electron chi connectivity index (χ4n) is 4.26. The quantitative estimate of drug-likeness (QED) is 0.336. The summed E-state index contributed by atoms with van der Waals surface area (Å²) in [7, 11) is 3.24. The van der Waals surface area contributed by atoms with Gasteiger partial charge in [0.15, 0.2) is 5.60 Å². The molecule has 5 rings (SSSR count). The standard InChI is InChI=1S/C25H23ClN6O3S/c1-14-5-7-18(15(2)29-14)25(33,20-12-28-31-32(20)3)16-6-8-19-17(11-16)22(26)23(24(30-19)34-4)35-13-21-27-9-10-36-21/h5-12,33H,13H2,1-4H3/t25-/m1/s1. The second-order valence-electron chi connectivity index (χ2n) is 8.25. The average Bonchev–Trinajstić information content (AvgIpc) is 3.54. The van der Waals surface area contributed by atoms with Crippen molar-refractivity contribution < 1.29 is 14.6 Å². The van der Waals surface area contributed by atoms with Gasteiger partial charge in [0.2, 0.25) is 5.75 Å². The third-order valence-corrected chi connectivity index (χ3v) is 7.11. The minimum atomic E-state index is -1.61. The van der Waals surface area contributed by atoms with Gasteiger partial charge in [-0.05, 0) is 37.6 Å². The zero-order chi connectivity index (χ0) is 25.4. The van der Waals surface area contributed by atoms with Crippen molar-refractivity contribution >= 4 is 33.8 Å². The molecule has 4 aromatic heterocycles. The highest BCUT2D eigenvalue weighted by atomic mass is 35.5. The van der Waals surface area contributed by atoms with Crippen LogP contribution in [0.2, 0.25) is 5.02 Å². The number of pyridine rings is 2. The van der Waals surface area contributed by atoms with Crippen LogP contribution in [-0.2, 0) is 19.3 Å². The maximum atomic E-state index is 12.3. The average molecular weight is 523 g/mol. The third-order valence-electron chi connectivity index (χ3n) is 5.98. The van der Waals surface area contributed by atoms with Crippen molar-refractivity contribution in [2.24, 2.45) is 7.05 Å². The molecule has 0 bridgehead atoms. The highest BCUT2D eigenvalue weighted by molar-refractivity contribution is 7.09. The summed E-state index contributed by atoms with van der Waals surface area (Å²) in [4.78, 5) is 13.4. The lowest BCUT2D eigenvalue weighted by atomic mass is 9.82. The maximum absolute atomic E-state index is 12.3. The smallest absolute Gasteiger partial charge is 0.258 e. The van der Waals surface area contributed by atoms with Crippen LogP contribution in [0.15, 0.2) is 48.1 Å². The third kappa shape index (κ3) is 4.06. The van der Waals surface area contributed by atoms with E-state index >= 15 is 0 Å². The number of fused-ring (bicyclic) bond motifs is 1. The van der Waals surface area contributed by atoms with E-state index in [1.54, 1.807) is 42.3 Å². The molecule has 1 aromatic carbocycles. The number of ether oxygens (including phenoxy) is 2. The van der Waals surface area contributed by atoms with Crippen LogP contribution in [-0.4, -0.2) is 42.2 Å². The molecule has 36 heavy (non-hydrogen) atoms. The van der Waals surface area contributed by atoms with Crippen molar-refractivity contribution in [3.63, 3.8) is 0 Å². The Bertz CT molecular complexity index is 1560. The number of benzene rings is 1. The van der Waals surface area contributed by atoms with Crippen LogP contribution in [0.1, 0.15) is 33.2 Å². The molecule has 1 atom stereocenters. The van der Waals surface area contributed by atoms with Crippen molar-refractivity contribution in [1.29, 1.82) is 0 Å². The first-order valence-electron chi connectivity index (χ1n) is 11.0. The predicted octanol–water partition coefficient (Wildman–Crippen LogP) is 4.36. The number of aromatic nitrogens is 6. The van der Waals surface area contributed by atoms with E-state index in [0.717, 1.165) is 10.7 Å². The minimum absolute atomic E-state index is 0.222. The summed E-state index contributed by atoms with van der Waals surface area (Å²) in [5, 5.41) is 24.0. The molecule has 0 saturated carbocycles. The zero-order valence-electron chi connectivity index (χ0n) is 20.1. The van der Waals surface area contributed by atoms with Crippen LogP contribution in [0.3, 0.4) is 0 Å². The number of halogens is 1. The minimum Gasteiger partial charge on any atom is -0.479 e. The van der Waals surface area contributed by atoms with E-state index in [9.17, 15) is 5.11 Å². The normalized spacial score (nSPS) is 13.1. The van der Waals surface area contributed by atoms with E-state index in [0.29, 0.717) is 44.2 Å². The number of aryl methyl sites for hydroxylation is 3. The van der Waals surface area contributed by atoms with Crippen molar-refractivity contribution in [3.05, 3.63) is 86.3 Å². The topological polar surface area (TPSA) is 108 Å². The van der Waals surface area contributed by atoms with Crippen molar-refractivity contribution in [2.45, 2.75) is 26.1 Å². The van der Waals surface area contributed by atoms with Crippen LogP contribution in [0.25, 0.3) is 10.9 Å². The van der Waals surface area contributed by atoms with Crippen LogP contribution in [0, 0.1) is 13.8 Å². The molecule has 0 unspecified atom stereocenters. The second kappa shape index (κ2) is 9.45. The number of hydrogen-bond donors (Lipinski definition) is 1. The summed E-state index contributed by atoms with van der Waals surface area (Å²) in [5.74, 6) is 0.569. The van der Waals surface area contributed by atoms with E-state index in [4.69, 9.17) is 21.1 Å². The Morgan fingerprint density at radius 1 is 1.17 bits per heavy atom. The summed E-state index contributed by atoms with van der Waals surface area (Å²) in [6.45, 7) is 3.99. The fourth-order valence-corrected chi connectivity index (χ4v) is 5.07. The van der Waals surface area contributed by atoms with E-state index in [1.807, 2.05) is 31.4 Å². The van der Waals surface area contributed by atoms with Crippen molar-refractivity contribution in [3.8, 4) is 11.6 Å². The number of aliphatic hydroxyl groups is 1. The van der Waals surface area contributed by atoms with E-state index in [-0.39, 0.29) is 12.5 Å². The van der Waals surface area contributed by atoms with Crippen LogP contribution in [0.5, 0.6) is 11.6 Å². The Morgan fingerprint density at radius 3 is 2.67 bits per heavy atom. The van der Waals surface area contributed by atoms with Gasteiger partial charge in [0.1, 0.15) is 11.6 Å². The Labute approximate surface area is 216 Å². The molecule has 0 aliphatic heterocycles. The Balaban J connectivity index is 1.70. The van der Waals surface area contributed by atoms with Gasteiger partial charge < -0.3 is 14.6 Å². The lowest BCUT2D eigenvalue weighted by Gasteiger charge is -2.30. The Kier molecular flexibility index (Phi) is 6.33. The summed E-state index contributed by atoms with van der Waals surface area (Å²) in [6, 6.07) is 9.11. The molecule has 1 N–H and O–H groups in total. The van der Waals surface area contributed by atoms with Crippen LogP contribution in [0.4, 0.5) is 0 Å². The molecular formula is C25H23ClN6O3S. The Morgan fingerprint density at radius 2 is 2.00 bits per heavy atom. The number of rotatable bonds is 7. The molecule has 0 aliphatic carbocycles. The molecule has 0 aliphatic rings. The maximum Gasteiger partial charge on any atom is 0.258 e. The molecule has 184 valence electrons. The van der Waals surface area contributed by atoms with Crippen molar-refractivity contribution in [2.75, 3.05) is 7.11 Å². The number of thiazole rings is 1. The summed E-state index contributed by atoms with van der Waals surface area (Å²) >= 11 is 8.33. The Hall–Kier alpha value is -3.60. The zero-order valence-corrected chi connectivity index (χ0v) is 21.6. The van der Waals surface area contributed by atoms with Gasteiger partial charge in [-0.3, -0.25) is 4.98 Å². The molecule has 4 heterocycles. The van der Waals surface area contributed by atoms with Crippen LogP contribution >= 0.6 is 22.9 Å². The molecular weight excluding hydrogens is 500 g/mol. The highest BCUT2D eigenvalue weighted by Crippen LogP contribution is 2.43. The van der Waals surface area contributed by atoms with Crippen LogP contribution < -0.4 is 9.47 Å². The lowest BCUT2D eigenvalue weighted by Crippen LogP contribution is -2.32.